The number of aromatic nitrogens is 6. The number of alkyl halides is 4. The Balaban J connectivity index is 1.78. The number of rotatable bonds is 8. The Hall–Kier alpha value is -3.51. The van der Waals surface area contributed by atoms with Crippen LogP contribution >= 0.6 is 11.6 Å². The van der Waals surface area contributed by atoms with Crippen LogP contribution < -0.4 is 5.69 Å². The van der Waals surface area contributed by atoms with Crippen LogP contribution in [0.3, 0.4) is 0 Å². The summed E-state index contributed by atoms with van der Waals surface area (Å²) in [6.07, 6.45) is -8.58. The quantitative estimate of drug-likeness (QED) is 0.333. The normalized spacial score (nSPS) is 13.6. The number of hydrogen-bond acceptors (Lipinski definition) is 5. The molecule has 37 heavy (non-hydrogen) atoms. The van der Waals surface area contributed by atoms with Crippen molar-refractivity contribution in [3.8, 4) is 17.1 Å². The van der Waals surface area contributed by atoms with E-state index < -0.39 is 30.7 Å². The van der Waals surface area contributed by atoms with Gasteiger partial charge in [0, 0.05) is 10.6 Å². The van der Waals surface area contributed by atoms with E-state index in [1.54, 1.807) is 12.1 Å². The molecule has 0 bridgehead atoms. The molecule has 0 spiro atoms. The molecule has 0 aliphatic carbocycles. The molecule has 13 heteroatoms. The second-order valence-corrected chi connectivity index (χ2v) is 8.77. The first-order chi connectivity index (χ1) is 17.5. The molecule has 2 aromatic heterocycles. The molecule has 4 aromatic rings. The van der Waals surface area contributed by atoms with Gasteiger partial charge in [0.15, 0.2) is 29.7 Å². The van der Waals surface area contributed by atoms with Gasteiger partial charge >= 0.3 is 11.9 Å². The summed E-state index contributed by atoms with van der Waals surface area (Å²) in [7, 11) is 0. The minimum atomic E-state index is -4.95. The third kappa shape index (κ3) is 5.59. The highest BCUT2D eigenvalue weighted by Crippen LogP contribution is 2.25. The summed E-state index contributed by atoms with van der Waals surface area (Å²) >= 11 is 5.91. The SMILES string of the molecule is CCc1ccccc1-n1nc(Cn2nc(-c3ccc(Cl)cc3)n(CC(O)C(F)(F)F)c2=O)nc1C(C)F. The highest BCUT2D eigenvalue weighted by Gasteiger charge is 2.39. The second kappa shape index (κ2) is 10.5. The van der Waals surface area contributed by atoms with Crippen LogP contribution in [0.4, 0.5) is 17.6 Å². The van der Waals surface area contributed by atoms with Crippen LogP contribution in [0.5, 0.6) is 0 Å². The van der Waals surface area contributed by atoms with Crippen LogP contribution in [0.2, 0.25) is 5.02 Å². The van der Waals surface area contributed by atoms with Crippen molar-refractivity contribution in [3.05, 3.63) is 81.3 Å². The smallest absolute Gasteiger partial charge is 0.382 e. The zero-order valence-corrected chi connectivity index (χ0v) is 20.6. The summed E-state index contributed by atoms with van der Waals surface area (Å²) in [4.78, 5) is 17.4. The molecule has 196 valence electrons. The highest BCUT2D eigenvalue weighted by molar-refractivity contribution is 6.30. The number of aliphatic hydroxyl groups excluding tert-OH is 1. The van der Waals surface area contributed by atoms with Gasteiger partial charge in [-0.1, -0.05) is 36.7 Å². The topological polar surface area (TPSA) is 90.8 Å². The molecule has 2 aromatic carbocycles. The predicted molar refractivity (Wildman–Crippen MR) is 128 cm³/mol. The van der Waals surface area contributed by atoms with Crippen molar-refractivity contribution in [2.45, 2.75) is 51.8 Å². The lowest BCUT2D eigenvalue weighted by atomic mass is 10.1. The van der Waals surface area contributed by atoms with E-state index >= 15 is 0 Å². The zero-order chi connectivity index (χ0) is 26.9. The summed E-state index contributed by atoms with van der Waals surface area (Å²) in [6, 6.07) is 13.2. The molecule has 0 fully saturated rings. The van der Waals surface area contributed by atoms with Crippen molar-refractivity contribution in [2.75, 3.05) is 0 Å². The summed E-state index contributed by atoms with van der Waals surface area (Å²) in [5.41, 5.74) is 0.904. The number of hydrogen-bond donors (Lipinski definition) is 1. The first-order valence-electron chi connectivity index (χ1n) is 11.4. The van der Waals surface area contributed by atoms with Gasteiger partial charge in [-0.3, -0.25) is 4.57 Å². The van der Waals surface area contributed by atoms with Crippen LogP contribution in [0.15, 0.2) is 53.3 Å². The third-order valence-electron chi connectivity index (χ3n) is 5.68. The third-order valence-corrected chi connectivity index (χ3v) is 5.93. The molecule has 2 atom stereocenters. The average Bonchev–Trinajstić information content (AvgIpc) is 3.41. The Morgan fingerprint density at radius 1 is 1.08 bits per heavy atom. The molecule has 0 saturated carbocycles. The minimum absolute atomic E-state index is 0.00815. The van der Waals surface area contributed by atoms with E-state index in [0.29, 0.717) is 22.7 Å². The first-order valence-corrected chi connectivity index (χ1v) is 11.7. The van der Waals surface area contributed by atoms with Gasteiger partial charge in [-0.2, -0.15) is 13.2 Å². The Bertz CT molecular complexity index is 1440. The van der Waals surface area contributed by atoms with Crippen molar-refractivity contribution in [3.63, 3.8) is 0 Å². The monoisotopic (exact) mass is 538 g/mol. The number of para-hydroxylation sites is 1. The number of nitrogens with zero attached hydrogens (tertiary/aromatic N) is 6. The summed E-state index contributed by atoms with van der Waals surface area (Å²) < 4.78 is 56.7. The maximum atomic E-state index is 14.5. The van der Waals surface area contributed by atoms with Crippen LogP contribution in [-0.4, -0.2) is 46.5 Å². The standard InChI is InChI=1S/C24H23ClF4N6O2/c1-3-15-6-4-5-7-18(15)35-21(14(2)26)30-20(31-35)13-34-23(37)33(12-19(36)24(27,28)29)22(32-34)16-8-10-17(25)11-9-16/h4-11,14,19,36H,3,12-13H2,1-2H3. The maximum absolute atomic E-state index is 14.5. The lowest BCUT2D eigenvalue weighted by molar-refractivity contribution is -0.207. The largest absolute Gasteiger partial charge is 0.416 e. The predicted octanol–water partition coefficient (Wildman–Crippen LogP) is 4.51. The minimum Gasteiger partial charge on any atom is -0.382 e. The molecule has 0 aliphatic rings. The van der Waals surface area contributed by atoms with E-state index in [1.165, 1.54) is 35.9 Å². The average molecular weight is 539 g/mol. The number of halogens is 5. The van der Waals surface area contributed by atoms with E-state index in [2.05, 4.69) is 15.2 Å². The van der Waals surface area contributed by atoms with E-state index in [-0.39, 0.29) is 24.0 Å². The molecule has 2 unspecified atom stereocenters. The molecule has 0 amide bonds. The number of aliphatic hydroxyl groups is 1. The molecular formula is C24H23ClF4N6O2. The van der Waals surface area contributed by atoms with Crippen molar-refractivity contribution in [2.24, 2.45) is 0 Å². The number of benzene rings is 2. The molecule has 0 aliphatic heterocycles. The van der Waals surface area contributed by atoms with Crippen molar-refractivity contribution in [1.82, 2.24) is 29.1 Å². The fourth-order valence-corrected chi connectivity index (χ4v) is 3.94. The molecule has 0 radical (unpaired) electrons. The van der Waals surface area contributed by atoms with E-state index in [0.717, 1.165) is 14.8 Å². The Labute approximate surface area is 213 Å². The summed E-state index contributed by atoms with van der Waals surface area (Å²) in [5.74, 6) is -0.0650. The van der Waals surface area contributed by atoms with Crippen LogP contribution in [0.25, 0.3) is 17.1 Å². The first kappa shape index (κ1) is 26.6. The fourth-order valence-electron chi connectivity index (χ4n) is 3.82. The molecule has 1 N–H and O–H groups in total. The van der Waals surface area contributed by atoms with Gasteiger partial charge in [0.25, 0.3) is 0 Å². The highest BCUT2D eigenvalue weighted by atomic mass is 35.5. The van der Waals surface area contributed by atoms with Crippen molar-refractivity contribution >= 4 is 11.6 Å². The fraction of sp³-hybridized carbons (Fsp3) is 0.333. The van der Waals surface area contributed by atoms with Crippen LogP contribution in [0.1, 0.15) is 37.2 Å². The molecule has 2 heterocycles. The van der Waals surface area contributed by atoms with E-state index in [9.17, 15) is 27.5 Å². The van der Waals surface area contributed by atoms with Crippen molar-refractivity contribution < 1.29 is 22.7 Å². The van der Waals surface area contributed by atoms with Gasteiger partial charge in [0.1, 0.15) is 6.54 Å². The Morgan fingerprint density at radius 3 is 2.38 bits per heavy atom. The number of aryl methyl sites for hydroxylation is 1. The molecule has 4 rings (SSSR count). The molecular weight excluding hydrogens is 516 g/mol. The van der Waals surface area contributed by atoms with Gasteiger partial charge in [-0.15, -0.1) is 10.2 Å². The second-order valence-electron chi connectivity index (χ2n) is 8.34. The van der Waals surface area contributed by atoms with E-state index in [4.69, 9.17) is 11.6 Å². The van der Waals surface area contributed by atoms with Gasteiger partial charge in [0.05, 0.1) is 12.2 Å². The van der Waals surface area contributed by atoms with Gasteiger partial charge < -0.3 is 5.11 Å². The Morgan fingerprint density at radius 2 is 1.76 bits per heavy atom. The van der Waals surface area contributed by atoms with Crippen molar-refractivity contribution in [1.29, 1.82) is 0 Å². The molecule has 8 nitrogen and oxygen atoms in total. The van der Waals surface area contributed by atoms with Gasteiger partial charge in [-0.25, -0.2) is 23.5 Å². The summed E-state index contributed by atoms with van der Waals surface area (Å²) in [5, 5.41) is 18.6. The zero-order valence-electron chi connectivity index (χ0n) is 19.8. The van der Waals surface area contributed by atoms with E-state index in [1.807, 2.05) is 19.1 Å². The Kier molecular flexibility index (Phi) is 7.51. The van der Waals surface area contributed by atoms with Crippen LogP contribution in [-0.2, 0) is 19.5 Å². The van der Waals surface area contributed by atoms with Crippen LogP contribution in [0, 0.1) is 0 Å². The van der Waals surface area contributed by atoms with Gasteiger partial charge in [-0.05, 0) is 49.2 Å². The molecule has 0 saturated heterocycles. The van der Waals surface area contributed by atoms with Gasteiger partial charge in [0.2, 0.25) is 0 Å². The lowest BCUT2D eigenvalue weighted by Gasteiger charge is -2.15. The lowest BCUT2D eigenvalue weighted by Crippen LogP contribution is -2.37. The summed E-state index contributed by atoms with van der Waals surface area (Å²) in [6.45, 7) is 1.83. The maximum Gasteiger partial charge on any atom is 0.416 e.